The smallest absolute Gasteiger partial charge is 0.149 e. The van der Waals surface area contributed by atoms with Gasteiger partial charge in [0.2, 0.25) is 0 Å². The van der Waals surface area contributed by atoms with Crippen molar-refractivity contribution in [3.63, 3.8) is 0 Å². The molecule has 1 aromatic rings. The molecule has 0 amide bonds. The van der Waals surface area contributed by atoms with Crippen LogP contribution in [0.5, 0.6) is 0 Å². The lowest BCUT2D eigenvalue weighted by Crippen LogP contribution is -2.04. The Morgan fingerprint density at radius 3 is 3.15 bits per heavy atom. The van der Waals surface area contributed by atoms with Gasteiger partial charge in [0.1, 0.15) is 5.82 Å². The molecule has 3 N–H and O–H groups in total. The molecule has 0 bridgehead atoms. The molecule has 0 spiro atoms. The predicted octanol–water partition coefficient (Wildman–Crippen LogP) is 1.49. The van der Waals surface area contributed by atoms with Crippen molar-refractivity contribution < 1.29 is 0 Å². The van der Waals surface area contributed by atoms with E-state index in [0.29, 0.717) is 5.69 Å². The van der Waals surface area contributed by atoms with E-state index in [4.69, 9.17) is 5.73 Å². The third kappa shape index (κ3) is 3.04. The molecule has 0 atom stereocenters. The normalized spacial score (nSPS) is 8.69. The molecule has 0 aliphatic carbocycles. The molecule has 0 saturated carbocycles. The Balaban J connectivity index is 2.44. The molecule has 3 nitrogen and oxygen atoms in total. The molecule has 0 fully saturated rings. The number of nitrogen functional groups attached to an aromatic ring is 1. The lowest BCUT2D eigenvalue weighted by Gasteiger charge is -2.04. The average Bonchev–Trinajstić information content (AvgIpc) is 2.15. The van der Waals surface area contributed by atoms with Crippen molar-refractivity contribution in [1.82, 2.24) is 4.98 Å². The molecule has 13 heavy (non-hydrogen) atoms. The Morgan fingerprint density at radius 1 is 1.62 bits per heavy atom. The summed E-state index contributed by atoms with van der Waals surface area (Å²) in [5.41, 5.74) is 6.35. The summed E-state index contributed by atoms with van der Waals surface area (Å²) in [6.45, 7) is 2.61. The topological polar surface area (TPSA) is 50.9 Å². The van der Waals surface area contributed by atoms with E-state index < -0.39 is 0 Å². The van der Waals surface area contributed by atoms with E-state index in [0.717, 1.165) is 18.8 Å². The van der Waals surface area contributed by atoms with Gasteiger partial charge in [-0.15, -0.1) is 11.8 Å². The number of anilines is 2. The van der Waals surface area contributed by atoms with Crippen LogP contribution in [-0.2, 0) is 0 Å². The third-order valence-electron chi connectivity index (χ3n) is 1.56. The molecule has 3 heteroatoms. The zero-order valence-corrected chi connectivity index (χ0v) is 7.67. The highest BCUT2D eigenvalue weighted by Gasteiger charge is 1.95. The first-order chi connectivity index (χ1) is 6.34. The van der Waals surface area contributed by atoms with Gasteiger partial charge in [-0.05, 0) is 19.1 Å². The van der Waals surface area contributed by atoms with Crippen molar-refractivity contribution in [2.75, 3.05) is 17.6 Å². The molecule has 0 saturated heterocycles. The lowest BCUT2D eigenvalue weighted by molar-refractivity contribution is 1.07. The quantitative estimate of drug-likeness (QED) is 0.540. The van der Waals surface area contributed by atoms with Crippen molar-refractivity contribution in [1.29, 1.82) is 0 Å². The van der Waals surface area contributed by atoms with Gasteiger partial charge >= 0.3 is 0 Å². The lowest BCUT2D eigenvalue weighted by atomic mass is 10.3. The second-order valence-electron chi connectivity index (χ2n) is 2.54. The summed E-state index contributed by atoms with van der Waals surface area (Å²) in [6.07, 6.45) is 2.52. The first-order valence-electron chi connectivity index (χ1n) is 4.18. The Morgan fingerprint density at radius 2 is 2.46 bits per heavy atom. The Hall–Kier alpha value is -1.69. The van der Waals surface area contributed by atoms with Crippen LogP contribution in [0.1, 0.15) is 13.3 Å². The minimum absolute atomic E-state index is 0.673. The van der Waals surface area contributed by atoms with Crippen molar-refractivity contribution in [2.45, 2.75) is 13.3 Å². The van der Waals surface area contributed by atoms with E-state index in [1.165, 1.54) is 0 Å². The maximum Gasteiger partial charge on any atom is 0.149 e. The van der Waals surface area contributed by atoms with Gasteiger partial charge in [-0.1, -0.05) is 0 Å². The van der Waals surface area contributed by atoms with Crippen LogP contribution in [0.25, 0.3) is 0 Å². The van der Waals surface area contributed by atoms with Crippen LogP contribution in [0.2, 0.25) is 0 Å². The Bertz CT molecular complexity index is 322. The van der Waals surface area contributed by atoms with Crippen LogP contribution in [0.3, 0.4) is 0 Å². The number of nitrogens with one attached hydrogen (secondary N) is 1. The van der Waals surface area contributed by atoms with Crippen molar-refractivity contribution in [2.24, 2.45) is 0 Å². The molecule has 1 heterocycles. The van der Waals surface area contributed by atoms with Crippen LogP contribution in [0.4, 0.5) is 11.5 Å². The van der Waals surface area contributed by atoms with E-state index >= 15 is 0 Å². The van der Waals surface area contributed by atoms with Crippen molar-refractivity contribution >= 4 is 11.5 Å². The maximum absolute atomic E-state index is 5.67. The first kappa shape index (κ1) is 9.40. The second kappa shape index (κ2) is 5.04. The third-order valence-corrected chi connectivity index (χ3v) is 1.56. The van der Waals surface area contributed by atoms with E-state index in [1.54, 1.807) is 6.20 Å². The number of nitrogens with zero attached hydrogens (tertiary/aromatic N) is 1. The fraction of sp³-hybridized carbons (Fsp3) is 0.300. The number of nitrogens with two attached hydrogens (primary N) is 1. The number of pyridine rings is 1. The second-order valence-corrected chi connectivity index (χ2v) is 2.54. The summed E-state index contributed by atoms with van der Waals surface area (Å²) in [7, 11) is 0. The molecule has 0 aliphatic heterocycles. The first-order valence-corrected chi connectivity index (χ1v) is 4.18. The molecule has 1 rings (SSSR count). The molecule has 68 valence electrons. The van der Waals surface area contributed by atoms with Gasteiger partial charge in [-0.25, -0.2) is 4.98 Å². The van der Waals surface area contributed by atoms with Gasteiger partial charge in [0.25, 0.3) is 0 Å². The summed E-state index contributed by atoms with van der Waals surface area (Å²) >= 11 is 0. The standard InChI is InChI=1S/C10H13N3/c1-2-3-4-7-12-10-9(11)6-5-8-13-10/h5-6,8H,4,7,11H2,1H3,(H,12,13). The number of aromatic nitrogens is 1. The van der Waals surface area contributed by atoms with E-state index in [1.807, 2.05) is 19.1 Å². The van der Waals surface area contributed by atoms with Crippen LogP contribution in [0.15, 0.2) is 18.3 Å². The monoisotopic (exact) mass is 175 g/mol. The molecule has 0 aliphatic rings. The Kier molecular flexibility index (Phi) is 3.65. The van der Waals surface area contributed by atoms with Gasteiger partial charge in [0.05, 0.1) is 5.69 Å². The molecule has 0 radical (unpaired) electrons. The zero-order valence-electron chi connectivity index (χ0n) is 7.67. The highest BCUT2D eigenvalue weighted by molar-refractivity contribution is 5.60. The number of hydrogen-bond acceptors (Lipinski definition) is 3. The zero-order chi connectivity index (χ0) is 9.52. The van der Waals surface area contributed by atoms with Gasteiger partial charge in [-0.3, -0.25) is 0 Å². The van der Waals surface area contributed by atoms with E-state index in [-0.39, 0.29) is 0 Å². The minimum atomic E-state index is 0.673. The SMILES string of the molecule is CC#CCCNc1ncccc1N. The van der Waals surface area contributed by atoms with E-state index in [9.17, 15) is 0 Å². The minimum Gasteiger partial charge on any atom is -0.396 e. The van der Waals surface area contributed by atoms with Gasteiger partial charge in [0.15, 0.2) is 0 Å². The molecule has 0 aromatic carbocycles. The number of hydrogen-bond donors (Lipinski definition) is 2. The summed E-state index contributed by atoms with van der Waals surface area (Å²) in [5.74, 6) is 6.52. The van der Waals surface area contributed by atoms with Crippen molar-refractivity contribution in [3.8, 4) is 11.8 Å². The molecular weight excluding hydrogens is 162 g/mol. The molecular formula is C10H13N3. The average molecular weight is 175 g/mol. The van der Waals surface area contributed by atoms with Crippen LogP contribution in [0, 0.1) is 11.8 Å². The van der Waals surface area contributed by atoms with Crippen LogP contribution >= 0.6 is 0 Å². The summed E-state index contributed by atoms with van der Waals surface area (Å²) in [4.78, 5) is 4.09. The predicted molar refractivity (Wildman–Crippen MR) is 55.2 cm³/mol. The fourth-order valence-corrected chi connectivity index (χ4v) is 0.934. The van der Waals surface area contributed by atoms with Gasteiger partial charge in [-0.2, -0.15) is 0 Å². The van der Waals surface area contributed by atoms with Crippen LogP contribution < -0.4 is 11.1 Å². The highest BCUT2D eigenvalue weighted by atomic mass is 15.0. The summed E-state index contributed by atoms with van der Waals surface area (Å²) in [6, 6.07) is 3.63. The summed E-state index contributed by atoms with van der Waals surface area (Å²) in [5, 5.41) is 3.11. The highest BCUT2D eigenvalue weighted by Crippen LogP contribution is 2.12. The van der Waals surface area contributed by atoms with Gasteiger partial charge in [0, 0.05) is 19.2 Å². The maximum atomic E-state index is 5.67. The van der Waals surface area contributed by atoms with Gasteiger partial charge < -0.3 is 11.1 Å². The largest absolute Gasteiger partial charge is 0.396 e. The fourth-order valence-electron chi connectivity index (χ4n) is 0.934. The summed E-state index contributed by atoms with van der Waals surface area (Å²) < 4.78 is 0. The van der Waals surface area contributed by atoms with Crippen LogP contribution in [-0.4, -0.2) is 11.5 Å². The number of rotatable bonds is 3. The molecule has 0 unspecified atom stereocenters. The molecule has 1 aromatic heterocycles. The Labute approximate surface area is 78.4 Å². The van der Waals surface area contributed by atoms with E-state index in [2.05, 4.69) is 22.1 Å². The van der Waals surface area contributed by atoms with Crippen molar-refractivity contribution in [3.05, 3.63) is 18.3 Å².